The summed E-state index contributed by atoms with van der Waals surface area (Å²) in [6.07, 6.45) is 7.50. The molecule has 2 N–H and O–H groups in total. The van der Waals surface area contributed by atoms with Crippen LogP contribution in [0.4, 0.5) is 0 Å². The summed E-state index contributed by atoms with van der Waals surface area (Å²) in [5, 5.41) is 21.4. The van der Waals surface area contributed by atoms with Crippen molar-refractivity contribution in [2.24, 2.45) is 0 Å². The Bertz CT molecular complexity index is 1010. The maximum atomic E-state index is 8.96. The maximum Gasteiger partial charge on any atom is 0.0968 e. The van der Waals surface area contributed by atoms with Gasteiger partial charge in [0.1, 0.15) is 0 Å². The molecule has 1 fully saturated rings. The molecular formula is C27H33N5. The number of benzene rings is 2. The summed E-state index contributed by atoms with van der Waals surface area (Å²) in [5.74, 6) is 0. The number of hydrogen-bond donors (Lipinski definition) is 2. The first-order valence-corrected chi connectivity index (χ1v) is 11.7. The Morgan fingerprint density at radius 3 is 2.44 bits per heavy atom. The summed E-state index contributed by atoms with van der Waals surface area (Å²) in [6, 6.07) is 23.6. The maximum absolute atomic E-state index is 8.96. The van der Waals surface area contributed by atoms with Gasteiger partial charge in [0.05, 0.1) is 24.7 Å². The summed E-state index contributed by atoms with van der Waals surface area (Å²) < 4.78 is 1.91. The van der Waals surface area contributed by atoms with Crippen molar-refractivity contribution in [1.82, 2.24) is 20.4 Å². The van der Waals surface area contributed by atoms with Gasteiger partial charge in [0.2, 0.25) is 0 Å². The van der Waals surface area contributed by atoms with Gasteiger partial charge in [-0.1, -0.05) is 73.5 Å². The van der Waals surface area contributed by atoms with E-state index < -0.39 is 0 Å². The Kier molecular flexibility index (Phi) is 7.36. The van der Waals surface area contributed by atoms with E-state index in [1.165, 1.54) is 36.8 Å². The van der Waals surface area contributed by atoms with Crippen LogP contribution in [0, 0.1) is 11.3 Å². The molecular weight excluding hydrogens is 394 g/mol. The lowest BCUT2D eigenvalue weighted by Gasteiger charge is -2.34. The first kappa shape index (κ1) is 22.3. The molecule has 0 saturated heterocycles. The largest absolute Gasteiger partial charge is 0.311 e. The van der Waals surface area contributed by atoms with Gasteiger partial charge in [0.25, 0.3) is 0 Å². The molecule has 1 saturated carbocycles. The molecule has 3 aromatic rings. The van der Waals surface area contributed by atoms with Crippen LogP contribution in [0.3, 0.4) is 0 Å². The lowest BCUT2D eigenvalue weighted by atomic mass is 9.94. The second kappa shape index (κ2) is 10.6. The molecule has 1 aromatic heterocycles. The Morgan fingerprint density at radius 1 is 1.06 bits per heavy atom. The molecule has 4 rings (SSSR count). The Balaban J connectivity index is 1.45. The van der Waals surface area contributed by atoms with Crippen LogP contribution < -0.4 is 10.6 Å². The molecule has 1 aliphatic rings. The van der Waals surface area contributed by atoms with E-state index >= 15 is 0 Å². The first-order valence-electron chi connectivity index (χ1n) is 11.7. The molecule has 0 amide bonds. The van der Waals surface area contributed by atoms with Crippen molar-refractivity contribution < 1.29 is 0 Å². The lowest BCUT2D eigenvalue weighted by molar-refractivity contribution is 0.284. The van der Waals surface area contributed by atoms with Crippen LogP contribution in [0.15, 0.2) is 66.9 Å². The highest BCUT2D eigenvalue weighted by Crippen LogP contribution is 2.32. The van der Waals surface area contributed by atoms with Gasteiger partial charge in [-0.15, -0.1) is 0 Å². The van der Waals surface area contributed by atoms with Gasteiger partial charge in [-0.3, -0.25) is 4.68 Å². The molecule has 32 heavy (non-hydrogen) atoms. The highest BCUT2D eigenvalue weighted by Gasteiger charge is 2.34. The van der Waals surface area contributed by atoms with Crippen molar-refractivity contribution in [2.75, 3.05) is 6.54 Å². The zero-order valence-electron chi connectivity index (χ0n) is 18.9. The van der Waals surface area contributed by atoms with Gasteiger partial charge in [-0.05, 0) is 25.3 Å². The third-order valence-electron chi connectivity index (χ3n) is 6.50. The van der Waals surface area contributed by atoms with Crippen molar-refractivity contribution in [2.45, 2.75) is 63.7 Å². The van der Waals surface area contributed by atoms with Gasteiger partial charge in [0.15, 0.2) is 0 Å². The highest BCUT2D eigenvalue weighted by molar-refractivity contribution is 5.62. The number of nitrogens with one attached hydrogen (secondary N) is 2. The van der Waals surface area contributed by atoms with Crippen LogP contribution in [0.5, 0.6) is 0 Å². The number of rotatable bonds is 10. The summed E-state index contributed by atoms with van der Waals surface area (Å²) in [6.45, 7) is 4.58. The molecule has 0 spiro atoms. The fourth-order valence-corrected chi connectivity index (χ4v) is 4.85. The number of aromatic nitrogens is 2. The van der Waals surface area contributed by atoms with Crippen LogP contribution in [0.25, 0.3) is 11.3 Å². The van der Waals surface area contributed by atoms with Crippen LogP contribution >= 0.6 is 0 Å². The summed E-state index contributed by atoms with van der Waals surface area (Å²) in [4.78, 5) is 0. The monoisotopic (exact) mass is 427 g/mol. The van der Waals surface area contributed by atoms with Crippen molar-refractivity contribution in [3.63, 3.8) is 0 Å². The normalized spacial score (nSPS) is 16.0. The number of hydrogen-bond acceptors (Lipinski definition) is 4. The summed E-state index contributed by atoms with van der Waals surface area (Å²) in [5.41, 5.74) is 4.76. The molecule has 1 heterocycles. The second-order valence-electron chi connectivity index (χ2n) is 8.91. The molecule has 0 aliphatic heterocycles. The van der Waals surface area contributed by atoms with Gasteiger partial charge in [0, 0.05) is 42.0 Å². The Labute approximate surface area is 191 Å². The predicted octanol–water partition coefficient (Wildman–Crippen LogP) is 5.22. The average Bonchev–Trinajstić information content (AvgIpc) is 3.46. The van der Waals surface area contributed by atoms with Crippen molar-refractivity contribution in [3.8, 4) is 17.3 Å². The molecule has 0 bridgehead atoms. The van der Waals surface area contributed by atoms with Crippen LogP contribution in [0.2, 0.25) is 0 Å². The van der Waals surface area contributed by atoms with Crippen molar-refractivity contribution in [1.29, 1.82) is 5.26 Å². The highest BCUT2D eigenvalue weighted by atomic mass is 15.3. The van der Waals surface area contributed by atoms with Crippen molar-refractivity contribution >= 4 is 0 Å². The van der Waals surface area contributed by atoms with E-state index in [4.69, 9.17) is 10.4 Å². The summed E-state index contributed by atoms with van der Waals surface area (Å²) in [7, 11) is 0. The number of aryl methyl sites for hydroxylation is 1. The standard InChI is InChI=1S/C27H33N5/c1-22(23-11-4-2-5-12-23)30-27(15-8-9-16-27)21-29-19-25-20-32(18-10-17-28)31-26(25)24-13-6-3-7-14-24/h2-7,11-14,20,22,29-30H,8-10,15-16,18-19,21H2,1H3/t22-/m0/s1. The molecule has 0 radical (unpaired) electrons. The molecule has 5 heteroatoms. The van der Waals surface area contributed by atoms with E-state index in [0.717, 1.165) is 24.3 Å². The zero-order valence-corrected chi connectivity index (χ0v) is 18.9. The minimum atomic E-state index is 0.124. The van der Waals surface area contributed by atoms with E-state index in [1.54, 1.807) is 0 Å². The van der Waals surface area contributed by atoms with Gasteiger partial charge < -0.3 is 10.6 Å². The predicted molar refractivity (Wildman–Crippen MR) is 129 cm³/mol. The van der Waals surface area contributed by atoms with E-state index in [-0.39, 0.29) is 5.54 Å². The number of nitrogens with zero attached hydrogens (tertiary/aromatic N) is 3. The van der Waals surface area contributed by atoms with Crippen molar-refractivity contribution in [3.05, 3.63) is 78.0 Å². The Morgan fingerprint density at radius 2 is 1.75 bits per heavy atom. The van der Waals surface area contributed by atoms with E-state index in [1.807, 2.05) is 22.9 Å². The van der Waals surface area contributed by atoms with Crippen LogP contribution in [0.1, 0.15) is 56.2 Å². The van der Waals surface area contributed by atoms with E-state index in [9.17, 15) is 0 Å². The lowest BCUT2D eigenvalue weighted by Crippen LogP contribution is -2.51. The molecule has 1 aliphatic carbocycles. The minimum Gasteiger partial charge on any atom is -0.311 e. The molecule has 5 nitrogen and oxygen atoms in total. The quantitative estimate of drug-likeness (QED) is 0.466. The fourth-order valence-electron chi connectivity index (χ4n) is 4.85. The zero-order chi connectivity index (χ0) is 22.2. The van der Waals surface area contributed by atoms with E-state index in [2.05, 4.69) is 72.3 Å². The van der Waals surface area contributed by atoms with E-state index in [0.29, 0.717) is 19.0 Å². The smallest absolute Gasteiger partial charge is 0.0968 e. The molecule has 2 aromatic carbocycles. The van der Waals surface area contributed by atoms with Crippen LogP contribution in [-0.4, -0.2) is 21.9 Å². The van der Waals surface area contributed by atoms with Crippen LogP contribution in [-0.2, 0) is 13.1 Å². The molecule has 166 valence electrons. The topological polar surface area (TPSA) is 65.7 Å². The number of nitriles is 1. The first-order chi connectivity index (χ1) is 15.7. The fraction of sp³-hybridized carbons (Fsp3) is 0.407. The third-order valence-corrected chi connectivity index (χ3v) is 6.50. The minimum absolute atomic E-state index is 0.124. The summed E-state index contributed by atoms with van der Waals surface area (Å²) >= 11 is 0. The third kappa shape index (κ3) is 5.45. The van der Waals surface area contributed by atoms with Gasteiger partial charge in [-0.25, -0.2) is 0 Å². The molecule has 0 unspecified atom stereocenters. The van der Waals surface area contributed by atoms with Gasteiger partial charge in [-0.2, -0.15) is 10.4 Å². The average molecular weight is 428 g/mol. The molecule has 1 atom stereocenters. The SMILES string of the molecule is C[C@H](NC1(CNCc2cn(CCC#N)nc2-c2ccccc2)CCCC1)c1ccccc1. The van der Waals surface area contributed by atoms with Gasteiger partial charge >= 0.3 is 0 Å². The Hall–Kier alpha value is -2.94. The second-order valence-corrected chi connectivity index (χ2v) is 8.91.